The van der Waals surface area contributed by atoms with Gasteiger partial charge in [-0.3, -0.25) is 19.9 Å². The molecule has 0 N–H and O–H groups in total. The van der Waals surface area contributed by atoms with Gasteiger partial charge in [0.15, 0.2) is 24.8 Å². The van der Waals surface area contributed by atoms with Crippen molar-refractivity contribution in [3.63, 3.8) is 0 Å². The average molecular weight is 773 g/mol. The second-order valence-electron chi connectivity index (χ2n) is 14.2. The quantitative estimate of drug-likeness (QED) is 0.136. The molecular weight excluding hydrogens is 737 g/mol. The Morgan fingerprint density at radius 1 is 0.250 bits per heavy atom. The van der Waals surface area contributed by atoms with Gasteiger partial charge in [0.25, 0.3) is 0 Å². The molecule has 8 nitrogen and oxygen atoms in total. The van der Waals surface area contributed by atoms with Gasteiger partial charge in [-0.25, -0.2) is 9.97 Å². The van der Waals surface area contributed by atoms with E-state index in [2.05, 4.69) is 151 Å². The summed E-state index contributed by atoms with van der Waals surface area (Å²) in [6.07, 6.45) is 15.5. The molecule has 8 heterocycles. The van der Waals surface area contributed by atoms with Gasteiger partial charge in [0.2, 0.25) is 11.4 Å². The summed E-state index contributed by atoms with van der Waals surface area (Å²) >= 11 is 0. The van der Waals surface area contributed by atoms with Crippen LogP contribution in [0.15, 0.2) is 219 Å². The molecule has 8 aromatic heterocycles. The summed E-state index contributed by atoms with van der Waals surface area (Å²) < 4.78 is 4.25. The first-order valence-electron chi connectivity index (χ1n) is 19.6. The van der Waals surface area contributed by atoms with E-state index in [0.717, 1.165) is 90.3 Å². The summed E-state index contributed by atoms with van der Waals surface area (Å²) in [6.45, 7) is 0. The van der Waals surface area contributed by atoms with Gasteiger partial charge in [0.1, 0.15) is 0 Å². The maximum absolute atomic E-state index is 4.92. The van der Waals surface area contributed by atoms with Crippen LogP contribution in [0.5, 0.6) is 0 Å². The number of hydrogen-bond acceptors (Lipinski definition) is 6. The molecule has 0 amide bonds. The number of pyridine rings is 8. The zero-order valence-electron chi connectivity index (χ0n) is 32.4. The fourth-order valence-corrected chi connectivity index (χ4v) is 7.21. The summed E-state index contributed by atoms with van der Waals surface area (Å²) in [5.41, 5.74) is 15.2. The molecule has 0 aliphatic carbocycles. The summed E-state index contributed by atoms with van der Waals surface area (Å²) in [4.78, 5) is 28.1. The molecule has 0 unspecified atom stereocenters. The van der Waals surface area contributed by atoms with E-state index in [1.807, 2.05) is 72.8 Å². The van der Waals surface area contributed by atoms with E-state index in [1.54, 1.807) is 24.8 Å². The van der Waals surface area contributed by atoms with Crippen molar-refractivity contribution in [2.45, 2.75) is 0 Å². The maximum atomic E-state index is 4.92. The Hall–Kier alpha value is -8.36. The molecule has 0 spiro atoms. The van der Waals surface area contributed by atoms with E-state index in [-0.39, 0.29) is 0 Å². The fraction of sp³-hybridized carbons (Fsp3) is 0. The Morgan fingerprint density at radius 3 is 0.800 bits per heavy atom. The molecule has 0 saturated carbocycles. The van der Waals surface area contributed by atoms with Gasteiger partial charge in [0.05, 0.1) is 45.6 Å². The van der Waals surface area contributed by atoms with Crippen LogP contribution in [-0.2, 0) is 0 Å². The first-order valence-corrected chi connectivity index (χ1v) is 19.6. The lowest BCUT2D eigenvalue weighted by atomic mass is 10.0. The van der Waals surface area contributed by atoms with Crippen molar-refractivity contribution in [3.8, 4) is 90.3 Å². The first kappa shape index (κ1) is 36.0. The number of aromatic nitrogens is 8. The smallest absolute Gasteiger partial charge is 0.210 e. The Morgan fingerprint density at radius 2 is 0.533 bits per heavy atom. The molecule has 0 aliphatic heterocycles. The molecule has 60 heavy (non-hydrogen) atoms. The van der Waals surface area contributed by atoms with E-state index in [0.29, 0.717) is 0 Å². The lowest BCUT2D eigenvalue weighted by Crippen LogP contribution is -2.29. The maximum Gasteiger partial charge on any atom is 0.210 e. The summed E-state index contributed by atoms with van der Waals surface area (Å²) in [6, 6.07) is 57.6. The highest BCUT2D eigenvalue weighted by Gasteiger charge is 2.15. The topological polar surface area (TPSA) is 85.1 Å². The molecule has 0 fully saturated rings. The van der Waals surface area contributed by atoms with Gasteiger partial charge in [0, 0.05) is 73.3 Å². The summed E-state index contributed by atoms with van der Waals surface area (Å²) in [5.74, 6) is 0. The van der Waals surface area contributed by atoms with Crippen LogP contribution in [0.2, 0.25) is 0 Å². The number of hydrogen-bond donors (Lipinski definition) is 0. The molecule has 282 valence electrons. The van der Waals surface area contributed by atoms with E-state index in [9.17, 15) is 0 Å². The standard InChI is InChI=1S/C52H36N8/c1-5-25-53-45(9-1)49-33-41(34-50(57-49)46-10-2-6-26-54-46)39-21-29-59(30-22-39)43-17-13-37(14-18-43)38-15-19-44(20-16-38)60-31-23-40(24-32-60)42-35-51(47-11-3-7-27-55-47)58-52(36-42)48-12-4-8-28-56-48/h1-36H/q+2. The van der Waals surface area contributed by atoms with E-state index >= 15 is 0 Å². The zero-order valence-corrected chi connectivity index (χ0v) is 32.4. The van der Waals surface area contributed by atoms with Crippen molar-refractivity contribution in [2.75, 3.05) is 0 Å². The van der Waals surface area contributed by atoms with Gasteiger partial charge < -0.3 is 0 Å². The molecule has 0 bridgehead atoms. The van der Waals surface area contributed by atoms with Crippen molar-refractivity contribution < 1.29 is 9.13 Å². The van der Waals surface area contributed by atoms with Crippen LogP contribution in [0.25, 0.3) is 90.3 Å². The van der Waals surface area contributed by atoms with Crippen LogP contribution in [0, 0.1) is 0 Å². The Kier molecular flexibility index (Phi) is 9.75. The normalized spacial score (nSPS) is 11.0. The average Bonchev–Trinajstić information content (AvgIpc) is 3.35. The molecule has 0 atom stereocenters. The highest BCUT2D eigenvalue weighted by Crippen LogP contribution is 2.30. The van der Waals surface area contributed by atoms with E-state index < -0.39 is 0 Å². The lowest BCUT2D eigenvalue weighted by Gasteiger charge is -2.09. The Balaban J connectivity index is 0.859. The van der Waals surface area contributed by atoms with E-state index in [4.69, 9.17) is 9.97 Å². The minimum atomic E-state index is 0.804. The minimum absolute atomic E-state index is 0.804. The lowest BCUT2D eigenvalue weighted by molar-refractivity contribution is -0.595. The van der Waals surface area contributed by atoms with Crippen LogP contribution in [-0.4, -0.2) is 29.9 Å². The van der Waals surface area contributed by atoms with Crippen LogP contribution < -0.4 is 9.13 Å². The Bertz CT molecular complexity index is 2690. The highest BCUT2D eigenvalue weighted by molar-refractivity contribution is 5.76. The van der Waals surface area contributed by atoms with Crippen molar-refractivity contribution in [1.82, 2.24) is 29.9 Å². The largest absolute Gasteiger partial charge is 0.255 e. The van der Waals surface area contributed by atoms with Crippen molar-refractivity contribution in [3.05, 3.63) is 219 Å². The highest BCUT2D eigenvalue weighted by atomic mass is 14.9. The fourth-order valence-electron chi connectivity index (χ4n) is 7.21. The van der Waals surface area contributed by atoms with Gasteiger partial charge in [-0.05, 0) is 130 Å². The molecule has 10 aromatic rings. The van der Waals surface area contributed by atoms with E-state index in [1.165, 1.54) is 0 Å². The summed E-state index contributed by atoms with van der Waals surface area (Å²) in [5, 5.41) is 0. The Labute approximate surface area is 347 Å². The molecular formula is C52H36N8+2. The van der Waals surface area contributed by atoms with Crippen LogP contribution in [0.4, 0.5) is 0 Å². The van der Waals surface area contributed by atoms with Crippen LogP contribution in [0.3, 0.4) is 0 Å². The molecule has 0 radical (unpaired) electrons. The molecule has 2 aromatic carbocycles. The predicted octanol–water partition coefficient (Wildman–Crippen LogP) is 10.3. The third-order valence-corrected chi connectivity index (χ3v) is 10.3. The van der Waals surface area contributed by atoms with Crippen LogP contribution >= 0.6 is 0 Å². The van der Waals surface area contributed by atoms with Gasteiger partial charge in [-0.2, -0.15) is 9.13 Å². The minimum Gasteiger partial charge on any atom is -0.255 e. The van der Waals surface area contributed by atoms with Crippen molar-refractivity contribution in [2.24, 2.45) is 0 Å². The van der Waals surface area contributed by atoms with Crippen molar-refractivity contribution >= 4 is 0 Å². The van der Waals surface area contributed by atoms with Gasteiger partial charge in [-0.15, -0.1) is 0 Å². The van der Waals surface area contributed by atoms with Crippen molar-refractivity contribution in [1.29, 1.82) is 0 Å². The third kappa shape index (κ3) is 7.68. The zero-order chi connectivity index (χ0) is 40.1. The molecule has 0 aliphatic rings. The second-order valence-corrected chi connectivity index (χ2v) is 14.2. The number of rotatable bonds is 9. The molecule has 10 rings (SSSR count). The monoisotopic (exact) mass is 772 g/mol. The summed E-state index contributed by atoms with van der Waals surface area (Å²) in [7, 11) is 0. The number of benzene rings is 2. The predicted molar refractivity (Wildman–Crippen MR) is 234 cm³/mol. The molecule has 0 saturated heterocycles. The number of nitrogens with zero attached hydrogens (tertiary/aromatic N) is 8. The molecule has 8 heteroatoms. The van der Waals surface area contributed by atoms with Gasteiger partial charge in [-0.1, -0.05) is 24.3 Å². The van der Waals surface area contributed by atoms with Crippen LogP contribution in [0.1, 0.15) is 0 Å². The SMILES string of the molecule is c1ccc(-c2cc(-c3cc[n+](-c4ccc(-c5ccc(-[n+]6ccc(-c7cc(-c8ccccn8)nc(-c8ccccn8)c7)cc6)cc5)cc4)cc3)cc(-c3ccccn3)n2)nc1. The third-order valence-electron chi connectivity index (χ3n) is 10.3. The second kappa shape index (κ2) is 16.2. The first-order chi connectivity index (χ1) is 29.7. The van der Waals surface area contributed by atoms with Gasteiger partial charge >= 0.3 is 0 Å².